The minimum Gasteiger partial charge on any atom is -0.331 e. The van der Waals surface area contributed by atoms with Crippen LogP contribution in [-0.2, 0) is 0 Å². The van der Waals surface area contributed by atoms with Gasteiger partial charge in [-0.15, -0.1) is 0 Å². The number of amides is 1. The van der Waals surface area contributed by atoms with E-state index in [1.54, 1.807) is 12.1 Å². The fourth-order valence-electron chi connectivity index (χ4n) is 1.72. The first kappa shape index (κ1) is 16.4. The van der Waals surface area contributed by atoms with Crippen LogP contribution in [0.2, 0.25) is 0 Å². The second kappa shape index (κ2) is 7.32. The molecular formula is C15H14N4O3S. The molecule has 2 rings (SSSR count). The van der Waals surface area contributed by atoms with E-state index < -0.39 is 4.92 Å². The molecule has 3 N–H and O–H groups in total. The van der Waals surface area contributed by atoms with Crippen molar-refractivity contribution in [2.45, 2.75) is 6.92 Å². The number of benzene rings is 2. The maximum atomic E-state index is 11.9. The number of thiocarbonyl (C=S) groups is 1. The highest BCUT2D eigenvalue weighted by atomic mass is 32.1. The third-order valence-corrected chi connectivity index (χ3v) is 3.14. The SMILES string of the molecule is Cc1ccc(C(=O)NNC(=S)Nc2ccc([N+](=O)[O-])cc2)cc1. The molecule has 0 fully saturated rings. The van der Waals surface area contributed by atoms with Gasteiger partial charge in [0.05, 0.1) is 4.92 Å². The molecule has 0 atom stereocenters. The maximum Gasteiger partial charge on any atom is 0.269 e. The lowest BCUT2D eigenvalue weighted by Gasteiger charge is -2.11. The molecule has 0 aliphatic carbocycles. The number of hydrogen-bond donors (Lipinski definition) is 3. The van der Waals surface area contributed by atoms with E-state index in [2.05, 4.69) is 16.2 Å². The second-order valence-electron chi connectivity index (χ2n) is 4.70. The van der Waals surface area contributed by atoms with Gasteiger partial charge in [-0.3, -0.25) is 25.8 Å². The molecule has 0 bridgehead atoms. The minimum atomic E-state index is -0.484. The maximum absolute atomic E-state index is 11.9. The van der Waals surface area contributed by atoms with Gasteiger partial charge in [0, 0.05) is 23.4 Å². The smallest absolute Gasteiger partial charge is 0.269 e. The van der Waals surface area contributed by atoms with Crippen molar-refractivity contribution >= 4 is 34.6 Å². The Morgan fingerprint density at radius 2 is 1.65 bits per heavy atom. The highest BCUT2D eigenvalue weighted by Gasteiger charge is 2.07. The Labute approximate surface area is 137 Å². The second-order valence-corrected chi connectivity index (χ2v) is 5.11. The lowest BCUT2D eigenvalue weighted by Crippen LogP contribution is -2.43. The summed E-state index contributed by atoms with van der Waals surface area (Å²) >= 11 is 5.04. The van der Waals surface area contributed by atoms with Crippen LogP contribution in [0.3, 0.4) is 0 Å². The van der Waals surface area contributed by atoms with Crippen LogP contribution in [-0.4, -0.2) is 15.9 Å². The van der Waals surface area contributed by atoms with Crippen molar-refractivity contribution in [3.8, 4) is 0 Å². The lowest BCUT2D eigenvalue weighted by molar-refractivity contribution is -0.384. The Bertz CT molecular complexity index is 729. The van der Waals surface area contributed by atoms with Crippen molar-refractivity contribution in [2.75, 3.05) is 5.32 Å². The van der Waals surface area contributed by atoms with E-state index in [0.29, 0.717) is 11.3 Å². The van der Waals surface area contributed by atoms with E-state index >= 15 is 0 Å². The molecule has 7 nitrogen and oxygen atoms in total. The minimum absolute atomic E-state index is 0.0119. The molecule has 0 saturated heterocycles. The number of nitrogens with one attached hydrogen (secondary N) is 3. The van der Waals surface area contributed by atoms with Crippen LogP contribution >= 0.6 is 12.2 Å². The number of nitro benzene ring substituents is 1. The third-order valence-electron chi connectivity index (χ3n) is 2.94. The first-order chi connectivity index (χ1) is 11.0. The highest BCUT2D eigenvalue weighted by molar-refractivity contribution is 7.80. The topological polar surface area (TPSA) is 96.3 Å². The molecule has 8 heteroatoms. The summed E-state index contributed by atoms with van der Waals surface area (Å²) < 4.78 is 0. The molecule has 1 amide bonds. The van der Waals surface area contributed by atoms with Crippen molar-refractivity contribution in [2.24, 2.45) is 0 Å². The number of nitrogens with zero attached hydrogens (tertiary/aromatic N) is 1. The van der Waals surface area contributed by atoms with Crippen LogP contribution in [0.1, 0.15) is 15.9 Å². The van der Waals surface area contributed by atoms with Gasteiger partial charge < -0.3 is 5.32 Å². The number of rotatable bonds is 3. The van der Waals surface area contributed by atoms with Gasteiger partial charge in [0.15, 0.2) is 5.11 Å². The molecule has 0 heterocycles. The summed E-state index contributed by atoms with van der Waals surface area (Å²) in [7, 11) is 0. The summed E-state index contributed by atoms with van der Waals surface area (Å²) in [5.74, 6) is -0.321. The van der Waals surface area contributed by atoms with Gasteiger partial charge in [0.2, 0.25) is 0 Å². The predicted octanol–water partition coefficient (Wildman–Crippen LogP) is 2.53. The van der Waals surface area contributed by atoms with Crippen LogP contribution in [0.4, 0.5) is 11.4 Å². The zero-order chi connectivity index (χ0) is 16.8. The monoisotopic (exact) mass is 330 g/mol. The van der Waals surface area contributed by atoms with Crippen LogP contribution < -0.4 is 16.2 Å². The van der Waals surface area contributed by atoms with E-state index in [-0.39, 0.29) is 16.7 Å². The van der Waals surface area contributed by atoms with Gasteiger partial charge in [-0.25, -0.2) is 0 Å². The van der Waals surface area contributed by atoms with E-state index in [0.717, 1.165) is 5.56 Å². The van der Waals surface area contributed by atoms with Crippen molar-refractivity contribution in [3.63, 3.8) is 0 Å². The molecule has 118 valence electrons. The first-order valence-corrected chi connectivity index (χ1v) is 7.05. The summed E-state index contributed by atoms with van der Waals surface area (Å²) in [5, 5.41) is 13.5. The molecule has 23 heavy (non-hydrogen) atoms. The number of nitro groups is 1. The molecule has 0 aliphatic rings. The van der Waals surface area contributed by atoms with Gasteiger partial charge in [0.25, 0.3) is 11.6 Å². The van der Waals surface area contributed by atoms with Crippen molar-refractivity contribution < 1.29 is 9.72 Å². The number of carbonyl (C=O) groups excluding carboxylic acids is 1. The summed E-state index contributed by atoms with van der Waals surface area (Å²) in [5.41, 5.74) is 7.15. The van der Waals surface area contributed by atoms with Gasteiger partial charge in [-0.1, -0.05) is 17.7 Å². The molecule has 0 spiro atoms. The predicted molar refractivity (Wildman–Crippen MR) is 91.1 cm³/mol. The number of hydrogen-bond acceptors (Lipinski definition) is 4. The number of hydrazine groups is 1. The Morgan fingerprint density at radius 1 is 1.04 bits per heavy atom. The summed E-state index contributed by atoms with van der Waals surface area (Å²) in [6.07, 6.45) is 0. The third kappa shape index (κ3) is 4.75. The van der Waals surface area contributed by atoms with Crippen LogP contribution in [0.25, 0.3) is 0 Å². The number of anilines is 1. The van der Waals surface area contributed by atoms with Gasteiger partial charge in [-0.2, -0.15) is 0 Å². The fourth-order valence-corrected chi connectivity index (χ4v) is 1.89. The van der Waals surface area contributed by atoms with Crippen molar-refractivity contribution in [3.05, 3.63) is 69.8 Å². The van der Waals surface area contributed by atoms with E-state index in [4.69, 9.17) is 12.2 Å². The molecule has 0 unspecified atom stereocenters. The fraction of sp³-hybridized carbons (Fsp3) is 0.0667. The number of aryl methyl sites for hydroxylation is 1. The van der Waals surface area contributed by atoms with Gasteiger partial charge >= 0.3 is 0 Å². The Morgan fingerprint density at radius 3 is 2.22 bits per heavy atom. The van der Waals surface area contributed by atoms with E-state index in [1.807, 2.05) is 19.1 Å². The Balaban J connectivity index is 1.86. The molecule has 2 aromatic rings. The molecule has 0 aromatic heterocycles. The largest absolute Gasteiger partial charge is 0.331 e. The molecular weight excluding hydrogens is 316 g/mol. The van der Waals surface area contributed by atoms with E-state index in [9.17, 15) is 14.9 Å². The van der Waals surface area contributed by atoms with Crippen LogP contribution in [0.5, 0.6) is 0 Å². The molecule has 0 radical (unpaired) electrons. The quantitative estimate of drug-likeness (QED) is 0.455. The van der Waals surface area contributed by atoms with Crippen molar-refractivity contribution in [1.82, 2.24) is 10.9 Å². The van der Waals surface area contributed by atoms with Crippen LogP contribution in [0, 0.1) is 17.0 Å². The van der Waals surface area contributed by atoms with Gasteiger partial charge in [0.1, 0.15) is 0 Å². The van der Waals surface area contributed by atoms with E-state index in [1.165, 1.54) is 24.3 Å². The Hall–Kier alpha value is -3.00. The molecule has 0 aliphatic heterocycles. The summed E-state index contributed by atoms with van der Waals surface area (Å²) in [4.78, 5) is 22.0. The summed E-state index contributed by atoms with van der Waals surface area (Å²) in [6.45, 7) is 1.93. The molecule has 2 aromatic carbocycles. The average molecular weight is 330 g/mol. The van der Waals surface area contributed by atoms with Crippen molar-refractivity contribution in [1.29, 1.82) is 0 Å². The summed E-state index contributed by atoms with van der Waals surface area (Å²) in [6, 6.07) is 12.8. The first-order valence-electron chi connectivity index (χ1n) is 6.64. The molecule has 0 saturated carbocycles. The van der Waals surface area contributed by atoms with Crippen LogP contribution in [0.15, 0.2) is 48.5 Å². The highest BCUT2D eigenvalue weighted by Crippen LogP contribution is 2.15. The standard InChI is InChI=1S/C15H14N4O3S/c1-10-2-4-11(5-3-10)14(20)17-18-15(23)16-12-6-8-13(9-7-12)19(21)22/h2-9H,1H3,(H,17,20)(H2,16,18,23). The normalized spacial score (nSPS) is 9.78. The number of carbonyl (C=O) groups is 1. The Kier molecular flexibility index (Phi) is 5.21. The zero-order valence-corrected chi connectivity index (χ0v) is 13.0. The average Bonchev–Trinajstić information content (AvgIpc) is 2.54. The van der Waals surface area contributed by atoms with Gasteiger partial charge in [-0.05, 0) is 43.4 Å². The number of non-ortho nitro benzene ring substituents is 1. The zero-order valence-electron chi connectivity index (χ0n) is 12.2. The lowest BCUT2D eigenvalue weighted by atomic mass is 10.1.